The molecule has 0 atom stereocenters. The summed E-state index contributed by atoms with van der Waals surface area (Å²) in [5, 5.41) is 6.06. The first kappa shape index (κ1) is 26.4. The lowest BCUT2D eigenvalue weighted by molar-refractivity contribution is 0.0908. The third kappa shape index (κ3) is 20.0. The summed E-state index contributed by atoms with van der Waals surface area (Å²) in [4.78, 5) is 11.5. The highest BCUT2D eigenvalue weighted by molar-refractivity contribution is 8.77. The maximum Gasteiger partial charge on any atom is 0.407 e. The van der Waals surface area contributed by atoms with Crippen molar-refractivity contribution in [3.63, 3.8) is 0 Å². The first-order valence-electron chi connectivity index (χ1n) is 9.31. The second kappa shape index (κ2) is 16.4. The van der Waals surface area contributed by atoms with Crippen molar-refractivity contribution in [1.82, 2.24) is 10.6 Å². The normalized spacial score (nSPS) is 11.4. The first-order chi connectivity index (χ1) is 12.7. The molecule has 8 heteroatoms. The average Bonchev–Trinajstić information content (AvgIpc) is 2.58. The number of hydrogen-bond acceptors (Lipinski definition) is 7. The zero-order valence-corrected chi connectivity index (χ0v) is 19.2. The smallest absolute Gasteiger partial charge is 0.407 e. The molecular formula is C19H36N2O4S2. The topological polar surface area (TPSA) is 68.8 Å². The molecule has 2 N–H and O–H groups in total. The number of rotatable bonds is 14. The molecule has 6 nitrogen and oxygen atoms in total. The van der Waals surface area contributed by atoms with Crippen molar-refractivity contribution in [3.05, 3.63) is 0 Å². The van der Waals surface area contributed by atoms with Gasteiger partial charge >= 0.3 is 6.09 Å². The number of ether oxygens (including phenoxy) is 3. The van der Waals surface area contributed by atoms with E-state index in [9.17, 15) is 4.79 Å². The van der Waals surface area contributed by atoms with Crippen LogP contribution in [0.2, 0.25) is 0 Å². The molecule has 0 radical (unpaired) electrons. The van der Waals surface area contributed by atoms with Gasteiger partial charge in [-0.25, -0.2) is 4.79 Å². The minimum absolute atomic E-state index is 0.136. The molecule has 0 aromatic rings. The zero-order chi connectivity index (χ0) is 20.5. The second-order valence-corrected chi connectivity index (χ2v) is 10.1. The lowest BCUT2D eigenvalue weighted by Gasteiger charge is -2.24. The lowest BCUT2D eigenvalue weighted by Crippen LogP contribution is -2.35. The Morgan fingerprint density at radius 2 is 1.85 bits per heavy atom. The Balaban J connectivity index is 3.47. The van der Waals surface area contributed by atoms with Gasteiger partial charge in [0.05, 0.1) is 13.2 Å². The largest absolute Gasteiger partial charge is 0.447 e. The summed E-state index contributed by atoms with van der Waals surface area (Å²) in [5.74, 6) is 6.82. The minimum Gasteiger partial charge on any atom is -0.447 e. The van der Waals surface area contributed by atoms with Gasteiger partial charge in [-0.3, -0.25) is 0 Å². The molecule has 0 saturated heterocycles. The fourth-order valence-electron chi connectivity index (χ4n) is 1.59. The van der Waals surface area contributed by atoms with Gasteiger partial charge in [0.15, 0.2) is 0 Å². The van der Waals surface area contributed by atoms with Gasteiger partial charge in [0, 0.05) is 29.8 Å². The van der Waals surface area contributed by atoms with Crippen molar-refractivity contribution < 1.29 is 19.0 Å². The van der Waals surface area contributed by atoms with Crippen LogP contribution in [0.5, 0.6) is 0 Å². The number of carbonyl (C=O) groups is 1. The minimum atomic E-state index is -0.460. The Bertz CT molecular complexity index is 449. The van der Waals surface area contributed by atoms with E-state index in [4.69, 9.17) is 14.2 Å². The van der Waals surface area contributed by atoms with Crippen LogP contribution in [0.25, 0.3) is 0 Å². The number of nitrogens with one attached hydrogen (secondary N) is 2. The number of carbonyl (C=O) groups excluding carboxylic acids is 1. The third-order valence-corrected chi connectivity index (χ3v) is 5.87. The van der Waals surface area contributed by atoms with E-state index in [-0.39, 0.29) is 11.4 Å². The van der Waals surface area contributed by atoms with E-state index in [0.717, 1.165) is 6.54 Å². The molecule has 0 aliphatic heterocycles. The molecule has 0 heterocycles. The third-order valence-electron chi connectivity index (χ3n) is 2.89. The van der Waals surface area contributed by atoms with E-state index < -0.39 is 6.09 Å². The monoisotopic (exact) mass is 420 g/mol. The van der Waals surface area contributed by atoms with Crippen LogP contribution in [0.1, 0.15) is 41.5 Å². The van der Waals surface area contributed by atoms with Crippen molar-refractivity contribution in [2.45, 2.75) is 52.3 Å². The van der Waals surface area contributed by atoms with Crippen molar-refractivity contribution in [3.8, 4) is 11.8 Å². The first-order valence-corrected chi connectivity index (χ1v) is 11.6. The molecule has 158 valence electrons. The van der Waals surface area contributed by atoms with E-state index in [1.807, 2.05) is 13.8 Å². The molecule has 0 aromatic heterocycles. The van der Waals surface area contributed by atoms with Gasteiger partial charge in [0.1, 0.15) is 19.2 Å². The summed E-state index contributed by atoms with van der Waals surface area (Å²) in [6.07, 6.45) is -0.460. The summed E-state index contributed by atoms with van der Waals surface area (Å²) in [6, 6.07) is 0.486. The molecule has 1 amide bonds. The van der Waals surface area contributed by atoms with Crippen molar-refractivity contribution >= 4 is 27.7 Å². The van der Waals surface area contributed by atoms with Gasteiger partial charge in [-0.05, 0) is 13.8 Å². The predicted octanol–water partition coefficient (Wildman–Crippen LogP) is 3.52. The number of amides is 1. The van der Waals surface area contributed by atoms with E-state index in [2.05, 4.69) is 50.2 Å². The summed E-state index contributed by atoms with van der Waals surface area (Å²) in [6.45, 7) is 15.5. The molecule has 0 spiro atoms. The Hall–Kier alpha value is -0.590. The molecule has 0 rings (SSSR count). The van der Waals surface area contributed by atoms with E-state index in [0.29, 0.717) is 44.3 Å². The highest BCUT2D eigenvalue weighted by Crippen LogP contribution is 2.35. The fraction of sp³-hybridized carbons (Fsp3) is 0.842. The highest BCUT2D eigenvalue weighted by atomic mass is 33.1. The Labute approximate surface area is 173 Å². The summed E-state index contributed by atoms with van der Waals surface area (Å²) < 4.78 is 15.9. The zero-order valence-electron chi connectivity index (χ0n) is 17.6. The summed E-state index contributed by atoms with van der Waals surface area (Å²) >= 11 is 0. The Morgan fingerprint density at radius 3 is 2.52 bits per heavy atom. The molecule has 0 aromatic carbocycles. The summed E-state index contributed by atoms with van der Waals surface area (Å²) in [5.41, 5.74) is 0. The quantitative estimate of drug-likeness (QED) is 0.193. The Morgan fingerprint density at radius 1 is 1.11 bits per heavy atom. The van der Waals surface area contributed by atoms with Gasteiger partial charge in [-0.1, -0.05) is 61.1 Å². The summed E-state index contributed by atoms with van der Waals surface area (Å²) in [7, 11) is 3.46. The average molecular weight is 421 g/mol. The number of hydrogen-bond donors (Lipinski definition) is 2. The van der Waals surface area contributed by atoms with Crippen molar-refractivity contribution in [2.24, 2.45) is 5.92 Å². The van der Waals surface area contributed by atoms with Crippen LogP contribution >= 0.6 is 21.6 Å². The molecule has 27 heavy (non-hydrogen) atoms. The SMILES string of the molecule is CC(C)C#CCOCCNC(=O)OCCOCSSC(C)(C)CNC(C)C. The van der Waals surface area contributed by atoms with E-state index >= 15 is 0 Å². The van der Waals surface area contributed by atoms with Crippen LogP contribution in [0.4, 0.5) is 4.79 Å². The lowest BCUT2D eigenvalue weighted by atomic mass is 10.2. The molecule has 0 aliphatic carbocycles. The van der Waals surface area contributed by atoms with E-state index in [1.165, 1.54) is 0 Å². The molecule has 0 unspecified atom stereocenters. The standard InChI is InChI=1S/C19H36N2O4S2/c1-16(2)8-7-10-23-11-9-20-18(22)25-13-12-24-15-26-27-19(5,6)14-21-17(3)4/h16-17,21H,9-15H2,1-6H3,(H,20,22). The fourth-order valence-corrected chi connectivity index (χ4v) is 3.77. The van der Waals surface area contributed by atoms with Crippen LogP contribution in [-0.2, 0) is 14.2 Å². The maximum atomic E-state index is 11.5. The van der Waals surface area contributed by atoms with Crippen LogP contribution in [0.15, 0.2) is 0 Å². The molecule has 0 aliphatic rings. The van der Waals surface area contributed by atoms with Crippen LogP contribution in [-0.4, -0.2) is 62.3 Å². The van der Waals surface area contributed by atoms with E-state index in [1.54, 1.807) is 21.6 Å². The molecule has 0 fully saturated rings. The van der Waals surface area contributed by atoms with Gasteiger partial charge in [-0.15, -0.1) is 0 Å². The predicted molar refractivity (Wildman–Crippen MR) is 116 cm³/mol. The molecule has 0 saturated carbocycles. The van der Waals surface area contributed by atoms with Gasteiger partial charge in [-0.2, -0.15) is 0 Å². The second-order valence-electron chi connectivity index (χ2n) is 7.11. The van der Waals surface area contributed by atoms with Crippen LogP contribution < -0.4 is 10.6 Å². The highest BCUT2D eigenvalue weighted by Gasteiger charge is 2.18. The van der Waals surface area contributed by atoms with Crippen LogP contribution in [0.3, 0.4) is 0 Å². The van der Waals surface area contributed by atoms with Gasteiger partial charge in [0.2, 0.25) is 0 Å². The van der Waals surface area contributed by atoms with Crippen molar-refractivity contribution in [2.75, 3.05) is 45.5 Å². The Kier molecular flexibility index (Phi) is 16.0. The number of alkyl carbamates (subject to hydrolysis) is 1. The van der Waals surface area contributed by atoms with Crippen molar-refractivity contribution in [1.29, 1.82) is 0 Å². The van der Waals surface area contributed by atoms with Gasteiger partial charge in [0.25, 0.3) is 0 Å². The van der Waals surface area contributed by atoms with Crippen LogP contribution in [0, 0.1) is 17.8 Å². The maximum absolute atomic E-state index is 11.5. The van der Waals surface area contributed by atoms with Gasteiger partial charge < -0.3 is 24.8 Å². The molecular weight excluding hydrogens is 384 g/mol. The molecule has 0 bridgehead atoms.